The zero-order valence-corrected chi connectivity index (χ0v) is 14.0. The molecule has 3 aliphatic heterocycles. The molecule has 3 aliphatic rings. The van der Waals surface area contributed by atoms with Gasteiger partial charge < -0.3 is 9.84 Å². The third kappa shape index (κ3) is 1.65. The van der Waals surface area contributed by atoms with Crippen LogP contribution < -0.4 is 4.90 Å². The van der Waals surface area contributed by atoms with Gasteiger partial charge in [0.1, 0.15) is 11.3 Å². The van der Waals surface area contributed by atoms with Gasteiger partial charge in [-0.1, -0.05) is 0 Å². The average Bonchev–Trinajstić information content (AvgIpc) is 3.13. The summed E-state index contributed by atoms with van der Waals surface area (Å²) in [6.07, 6.45) is 3.15. The van der Waals surface area contributed by atoms with E-state index < -0.39 is 23.0 Å². The van der Waals surface area contributed by atoms with Crippen molar-refractivity contribution in [3.8, 4) is 5.75 Å². The minimum Gasteiger partial charge on any atom is -0.506 e. The van der Waals surface area contributed by atoms with Gasteiger partial charge in [0.25, 0.3) is 0 Å². The predicted molar refractivity (Wildman–Crippen MR) is 90.0 cm³/mol. The summed E-state index contributed by atoms with van der Waals surface area (Å²) in [6.45, 7) is 3.88. The van der Waals surface area contributed by atoms with Gasteiger partial charge in [-0.2, -0.15) is 0 Å². The molecule has 2 bridgehead atoms. The maximum Gasteiger partial charge on any atom is 0.240 e. The molecule has 0 radical (unpaired) electrons. The fourth-order valence-electron chi connectivity index (χ4n) is 5.04. The number of amides is 2. The van der Waals surface area contributed by atoms with E-state index >= 15 is 0 Å². The van der Waals surface area contributed by atoms with Gasteiger partial charge >= 0.3 is 0 Å². The molecule has 2 amide bonds. The average molecular weight is 338 g/mol. The van der Waals surface area contributed by atoms with E-state index in [1.54, 1.807) is 24.4 Å². The third-order valence-corrected chi connectivity index (χ3v) is 6.17. The fraction of sp³-hybridized carbons (Fsp3) is 0.421. The standard InChI is InChI=1S/C19H18N2O4/c1-18-7-8-19(2,25-18)14-13(18)16(23)21(17(14)24)11-5-6-12(22)15-10(11)4-3-9-20-15/h3-6,9,13-14,22H,7-8H2,1-2H3. The first-order chi connectivity index (χ1) is 11.9. The summed E-state index contributed by atoms with van der Waals surface area (Å²) < 4.78 is 6.13. The van der Waals surface area contributed by atoms with Gasteiger partial charge in [0.15, 0.2) is 0 Å². The molecule has 3 fully saturated rings. The molecular weight excluding hydrogens is 320 g/mol. The summed E-state index contributed by atoms with van der Waals surface area (Å²) >= 11 is 0. The van der Waals surface area contributed by atoms with E-state index in [1.165, 1.54) is 11.0 Å². The summed E-state index contributed by atoms with van der Waals surface area (Å²) in [5, 5.41) is 10.6. The molecule has 2 aromatic rings. The van der Waals surface area contributed by atoms with Crippen molar-refractivity contribution in [2.75, 3.05) is 4.90 Å². The van der Waals surface area contributed by atoms with Crippen LogP contribution in [0, 0.1) is 11.8 Å². The number of rotatable bonds is 1. The molecule has 6 nitrogen and oxygen atoms in total. The van der Waals surface area contributed by atoms with E-state index in [-0.39, 0.29) is 17.6 Å². The van der Waals surface area contributed by atoms with Crippen LogP contribution in [0.15, 0.2) is 30.5 Å². The topological polar surface area (TPSA) is 79.7 Å². The van der Waals surface area contributed by atoms with Crippen LogP contribution in [0.4, 0.5) is 5.69 Å². The number of imide groups is 1. The smallest absolute Gasteiger partial charge is 0.240 e. The van der Waals surface area contributed by atoms with Crippen molar-refractivity contribution in [3.63, 3.8) is 0 Å². The quantitative estimate of drug-likeness (QED) is 0.808. The SMILES string of the molecule is CC12CCC(C)(O1)C1C(=O)N(c3ccc(O)c4ncccc34)C(=O)C12. The summed E-state index contributed by atoms with van der Waals surface area (Å²) in [5.41, 5.74) is -0.288. The highest BCUT2D eigenvalue weighted by Gasteiger charge is 2.72. The van der Waals surface area contributed by atoms with E-state index in [2.05, 4.69) is 4.98 Å². The number of benzene rings is 1. The molecule has 0 spiro atoms. The largest absolute Gasteiger partial charge is 0.506 e. The lowest BCUT2D eigenvalue weighted by Crippen LogP contribution is -2.40. The van der Waals surface area contributed by atoms with Crippen molar-refractivity contribution in [1.29, 1.82) is 0 Å². The minimum atomic E-state index is -0.577. The van der Waals surface area contributed by atoms with Crippen LogP contribution in [-0.4, -0.2) is 33.1 Å². The van der Waals surface area contributed by atoms with Crippen LogP contribution in [0.5, 0.6) is 5.75 Å². The van der Waals surface area contributed by atoms with Gasteiger partial charge in [0, 0.05) is 11.6 Å². The minimum absolute atomic E-state index is 0.0287. The zero-order chi connectivity index (χ0) is 17.6. The molecule has 5 rings (SSSR count). The lowest BCUT2D eigenvalue weighted by atomic mass is 9.69. The second-order valence-corrected chi connectivity index (χ2v) is 7.70. The number of phenols is 1. The van der Waals surface area contributed by atoms with Crippen LogP contribution in [0.25, 0.3) is 10.9 Å². The molecule has 128 valence electrons. The summed E-state index contributed by atoms with van der Waals surface area (Å²) in [7, 11) is 0. The Morgan fingerprint density at radius 3 is 2.40 bits per heavy atom. The molecule has 0 aliphatic carbocycles. The number of nitrogens with zero attached hydrogens (tertiary/aromatic N) is 2. The van der Waals surface area contributed by atoms with Gasteiger partial charge in [0.05, 0.1) is 28.7 Å². The first kappa shape index (κ1) is 14.8. The number of hydrogen-bond acceptors (Lipinski definition) is 5. The molecular formula is C19H18N2O4. The summed E-state index contributed by atoms with van der Waals surface area (Å²) in [5.74, 6) is -1.28. The molecule has 3 saturated heterocycles. The van der Waals surface area contributed by atoms with E-state index in [4.69, 9.17) is 4.74 Å². The third-order valence-electron chi connectivity index (χ3n) is 6.17. The predicted octanol–water partition coefficient (Wildman–Crippen LogP) is 2.39. The Morgan fingerprint density at radius 2 is 1.76 bits per heavy atom. The van der Waals surface area contributed by atoms with Crippen LogP contribution in [0.1, 0.15) is 26.7 Å². The number of carbonyl (C=O) groups excluding carboxylic acids is 2. The molecule has 4 unspecified atom stereocenters. The van der Waals surface area contributed by atoms with E-state index in [0.717, 1.165) is 12.8 Å². The van der Waals surface area contributed by atoms with Crippen molar-refractivity contribution in [2.24, 2.45) is 11.8 Å². The lowest BCUT2D eigenvalue weighted by molar-refractivity contribution is -0.129. The molecule has 25 heavy (non-hydrogen) atoms. The Bertz CT molecular complexity index is 924. The van der Waals surface area contributed by atoms with Crippen molar-refractivity contribution < 1.29 is 19.4 Å². The molecule has 1 aromatic heterocycles. The first-order valence-electron chi connectivity index (χ1n) is 8.50. The van der Waals surface area contributed by atoms with Crippen molar-refractivity contribution >= 4 is 28.4 Å². The van der Waals surface area contributed by atoms with Crippen LogP contribution in [-0.2, 0) is 14.3 Å². The number of aromatic nitrogens is 1. The molecule has 1 aromatic carbocycles. The Hall–Kier alpha value is -2.47. The second kappa shape index (κ2) is 4.38. The Kier molecular flexibility index (Phi) is 2.60. The van der Waals surface area contributed by atoms with Gasteiger partial charge in [-0.15, -0.1) is 0 Å². The maximum atomic E-state index is 13.2. The summed E-state index contributed by atoms with van der Waals surface area (Å²) in [4.78, 5) is 31.9. The van der Waals surface area contributed by atoms with Gasteiger partial charge in [-0.25, -0.2) is 4.90 Å². The Morgan fingerprint density at radius 1 is 1.12 bits per heavy atom. The highest BCUT2D eigenvalue weighted by Crippen LogP contribution is 2.61. The molecule has 0 saturated carbocycles. The van der Waals surface area contributed by atoms with Gasteiger partial charge in [-0.05, 0) is 51.0 Å². The Labute approximate surface area is 144 Å². The highest BCUT2D eigenvalue weighted by atomic mass is 16.5. The number of ether oxygens (including phenoxy) is 1. The van der Waals surface area contributed by atoms with Crippen molar-refractivity contribution in [3.05, 3.63) is 30.5 Å². The summed E-state index contributed by atoms with van der Waals surface area (Å²) in [6, 6.07) is 6.59. The molecule has 1 N–H and O–H groups in total. The Balaban J connectivity index is 1.69. The highest BCUT2D eigenvalue weighted by molar-refractivity contribution is 6.26. The van der Waals surface area contributed by atoms with Crippen molar-refractivity contribution in [1.82, 2.24) is 4.98 Å². The number of pyridine rings is 1. The van der Waals surface area contributed by atoms with E-state index in [9.17, 15) is 14.7 Å². The van der Waals surface area contributed by atoms with Gasteiger partial charge in [-0.3, -0.25) is 14.6 Å². The number of fused-ring (bicyclic) bond motifs is 6. The fourth-order valence-corrected chi connectivity index (χ4v) is 5.04. The number of phenolic OH excluding ortho intramolecular Hbond substituents is 1. The van der Waals surface area contributed by atoms with Crippen LogP contribution >= 0.6 is 0 Å². The molecule has 4 atom stereocenters. The van der Waals surface area contributed by atoms with E-state index in [1.807, 2.05) is 13.8 Å². The van der Waals surface area contributed by atoms with Crippen LogP contribution in [0.3, 0.4) is 0 Å². The first-order valence-corrected chi connectivity index (χ1v) is 8.50. The zero-order valence-electron chi connectivity index (χ0n) is 14.0. The lowest BCUT2D eigenvalue weighted by Gasteiger charge is -2.27. The normalized spacial score (nSPS) is 36.5. The number of anilines is 1. The number of carbonyl (C=O) groups is 2. The molecule has 4 heterocycles. The van der Waals surface area contributed by atoms with E-state index in [0.29, 0.717) is 16.6 Å². The number of hydrogen-bond donors (Lipinski definition) is 1. The van der Waals surface area contributed by atoms with Crippen molar-refractivity contribution in [2.45, 2.75) is 37.9 Å². The number of aromatic hydroxyl groups is 1. The second-order valence-electron chi connectivity index (χ2n) is 7.70. The van der Waals surface area contributed by atoms with Gasteiger partial charge in [0.2, 0.25) is 11.8 Å². The van der Waals surface area contributed by atoms with Crippen LogP contribution in [0.2, 0.25) is 0 Å². The monoisotopic (exact) mass is 338 g/mol. The maximum absolute atomic E-state index is 13.2. The molecule has 6 heteroatoms.